The van der Waals surface area contributed by atoms with Crippen LogP contribution in [0.3, 0.4) is 0 Å². The fourth-order valence-corrected chi connectivity index (χ4v) is 3.54. The quantitative estimate of drug-likeness (QED) is 0.786. The van der Waals surface area contributed by atoms with Crippen molar-refractivity contribution in [3.63, 3.8) is 0 Å². The Balaban J connectivity index is 1.53. The normalized spacial score (nSPS) is 15.0. The molecule has 1 aliphatic carbocycles. The highest BCUT2D eigenvalue weighted by Crippen LogP contribution is 2.32. The lowest BCUT2D eigenvalue weighted by molar-refractivity contribution is -0.0000170. The number of fused-ring (bicyclic) bond motifs is 2. The molecule has 132 valence electrons. The van der Waals surface area contributed by atoms with Gasteiger partial charge in [0.1, 0.15) is 5.58 Å². The Labute approximate surface area is 150 Å². The third kappa shape index (κ3) is 2.91. The van der Waals surface area contributed by atoms with Gasteiger partial charge in [-0.05, 0) is 23.3 Å². The summed E-state index contributed by atoms with van der Waals surface area (Å²) in [7, 11) is 1.66. The van der Waals surface area contributed by atoms with Crippen LogP contribution in [0.25, 0.3) is 11.0 Å². The third-order valence-corrected chi connectivity index (χ3v) is 5.01. The van der Waals surface area contributed by atoms with Crippen LogP contribution in [0.4, 0.5) is 0 Å². The van der Waals surface area contributed by atoms with Gasteiger partial charge in [-0.3, -0.25) is 9.59 Å². The molecule has 1 amide bonds. The molecular formula is C21H19NO4. The van der Waals surface area contributed by atoms with E-state index < -0.39 is 11.5 Å². The molecule has 5 nitrogen and oxygen atoms in total. The summed E-state index contributed by atoms with van der Waals surface area (Å²) in [5, 5.41) is 3.32. The predicted molar refractivity (Wildman–Crippen MR) is 98.4 cm³/mol. The van der Waals surface area contributed by atoms with Crippen molar-refractivity contribution in [1.82, 2.24) is 5.32 Å². The highest BCUT2D eigenvalue weighted by molar-refractivity contribution is 5.93. The molecule has 1 aliphatic rings. The maximum Gasteiger partial charge on any atom is 0.287 e. The topological polar surface area (TPSA) is 68.5 Å². The number of rotatable bonds is 4. The molecule has 0 bridgehead atoms. The summed E-state index contributed by atoms with van der Waals surface area (Å²) in [4.78, 5) is 24.7. The van der Waals surface area contributed by atoms with Crippen molar-refractivity contribution in [3.05, 3.63) is 81.7 Å². The van der Waals surface area contributed by atoms with Crippen molar-refractivity contribution in [2.24, 2.45) is 0 Å². The maximum atomic E-state index is 12.5. The van der Waals surface area contributed by atoms with Crippen molar-refractivity contribution in [1.29, 1.82) is 0 Å². The van der Waals surface area contributed by atoms with Gasteiger partial charge < -0.3 is 14.5 Å². The lowest BCUT2D eigenvalue weighted by atomic mass is 10.00. The molecule has 0 unspecified atom stereocenters. The van der Waals surface area contributed by atoms with Gasteiger partial charge in [-0.25, -0.2) is 0 Å². The molecule has 1 N–H and O–H groups in total. The van der Waals surface area contributed by atoms with E-state index in [-0.39, 0.29) is 11.2 Å². The number of carbonyl (C=O) groups excluding carboxylic acids is 1. The molecule has 0 fully saturated rings. The number of para-hydroxylation sites is 1. The molecule has 2 aromatic carbocycles. The van der Waals surface area contributed by atoms with Gasteiger partial charge in [0.25, 0.3) is 5.91 Å². The van der Waals surface area contributed by atoms with Crippen LogP contribution >= 0.6 is 0 Å². The van der Waals surface area contributed by atoms with Crippen molar-refractivity contribution >= 4 is 16.9 Å². The number of benzene rings is 2. The van der Waals surface area contributed by atoms with Gasteiger partial charge in [0.15, 0.2) is 11.2 Å². The molecule has 0 aliphatic heterocycles. The van der Waals surface area contributed by atoms with Crippen LogP contribution in [-0.4, -0.2) is 25.2 Å². The zero-order chi connectivity index (χ0) is 18.1. The molecule has 4 rings (SSSR count). The molecule has 0 saturated carbocycles. The fraction of sp³-hybridized carbons (Fsp3) is 0.238. The summed E-state index contributed by atoms with van der Waals surface area (Å²) in [6, 6.07) is 16.3. The Morgan fingerprint density at radius 1 is 1.12 bits per heavy atom. The van der Waals surface area contributed by atoms with E-state index in [1.165, 1.54) is 17.2 Å². The van der Waals surface area contributed by atoms with Gasteiger partial charge in [-0.15, -0.1) is 0 Å². The van der Waals surface area contributed by atoms with E-state index in [4.69, 9.17) is 9.15 Å². The number of amides is 1. The first-order valence-electron chi connectivity index (χ1n) is 8.53. The predicted octanol–water partition coefficient (Wildman–Crippen LogP) is 2.71. The highest BCUT2D eigenvalue weighted by atomic mass is 16.5. The lowest BCUT2D eigenvalue weighted by Crippen LogP contribution is -2.45. The van der Waals surface area contributed by atoms with E-state index in [1.807, 2.05) is 12.1 Å². The number of nitrogens with one attached hydrogen (secondary N) is 1. The Bertz CT molecular complexity index is 1010. The summed E-state index contributed by atoms with van der Waals surface area (Å²) >= 11 is 0. The highest BCUT2D eigenvalue weighted by Gasteiger charge is 2.37. The van der Waals surface area contributed by atoms with Crippen molar-refractivity contribution in [2.75, 3.05) is 13.7 Å². The average Bonchev–Trinajstić information content (AvgIpc) is 3.05. The molecular weight excluding hydrogens is 330 g/mol. The van der Waals surface area contributed by atoms with E-state index >= 15 is 0 Å². The van der Waals surface area contributed by atoms with E-state index in [0.717, 1.165) is 12.8 Å². The van der Waals surface area contributed by atoms with Gasteiger partial charge in [-0.1, -0.05) is 36.4 Å². The molecule has 0 saturated heterocycles. The van der Waals surface area contributed by atoms with E-state index in [2.05, 4.69) is 17.4 Å². The standard InChI is InChI=1S/C21H19NO4/c1-25-21(11-14-6-2-3-7-15(14)12-21)13-22-20(24)19-10-17(23)16-8-4-5-9-18(16)26-19/h2-10H,11-13H2,1H3,(H,22,24). The number of hydrogen-bond acceptors (Lipinski definition) is 4. The minimum atomic E-state index is -0.476. The second-order valence-electron chi connectivity index (χ2n) is 6.66. The number of methoxy groups -OCH3 is 1. The average molecular weight is 349 g/mol. The van der Waals surface area contributed by atoms with Crippen LogP contribution < -0.4 is 10.7 Å². The zero-order valence-electron chi connectivity index (χ0n) is 14.5. The number of hydrogen-bond donors (Lipinski definition) is 1. The van der Waals surface area contributed by atoms with Gasteiger partial charge in [0.05, 0.1) is 11.0 Å². The van der Waals surface area contributed by atoms with Crippen molar-refractivity contribution < 1.29 is 13.9 Å². The fourth-order valence-electron chi connectivity index (χ4n) is 3.54. The first kappa shape index (κ1) is 16.5. The molecule has 26 heavy (non-hydrogen) atoms. The second kappa shape index (κ2) is 6.42. The largest absolute Gasteiger partial charge is 0.451 e. The summed E-state index contributed by atoms with van der Waals surface area (Å²) < 4.78 is 11.3. The first-order valence-corrected chi connectivity index (χ1v) is 8.53. The van der Waals surface area contributed by atoms with Crippen molar-refractivity contribution in [3.8, 4) is 0 Å². The Kier molecular flexibility index (Phi) is 4.09. The Morgan fingerprint density at radius 3 is 2.46 bits per heavy atom. The minimum Gasteiger partial charge on any atom is -0.451 e. The molecule has 0 spiro atoms. The minimum absolute atomic E-state index is 0.00969. The third-order valence-electron chi connectivity index (χ3n) is 5.01. The molecule has 3 aromatic rings. The first-order chi connectivity index (χ1) is 12.6. The smallest absolute Gasteiger partial charge is 0.287 e. The molecule has 1 aromatic heterocycles. The Hall–Kier alpha value is -2.92. The zero-order valence-corrected chi connectivity index (χ0v) is 14.5. The molecule has 5 heteroatoms. The second-order valence-corrected chi connectivity index (χ2v) is 6.66. The van der Waals surface area contributed by atoms with Crippen molar-refractivity contribution in [2.45, 2.75) is 18.4 Å². The summed E-state index contributed by atoms with van der Waals surface area (Å²) in [6.45, 7) is 0.341. The van der Waals surface area contributed by atoms with Crippen LogP contribution in [0.2, 0.25) is 0 Å². The van der Waals surface area contributed by atoms with Crippen LogP contribution in [0.15, 0.2) is 63.8 Å². The van der Waals surface area contributed by atoms with E-state index in [9.17, 15) is 9.59 Å². The van der Waals surface area contributed by atoms with E-state index in [0.29, 0.717) is 17.5 Å². The van der Waals surface area contributed by atoms with Crippen LogP contribution in [0.5, 0.6) is 0 Å². The molecule has 1 heterocycles. The van der Waals surface area contributed by atoms with Gasteiger partial charge >= 0.3 is 0 Å². The van der Waals surface area contributed by atoms with E-state index in [1.54, 1.807) is 31.4 Å². The number of ether oxygens (including phenoxy) is 1. The Morgan fingerprint density at radius 2 is 1.77 bits per heavy atom. The van der Waals surface area contributed by atoms with Crippen LogP contribution in [0, 0.1) is 0 Å². The van der Waals surface area contributed by atoms with Gasteiger partial charge in [0, 0.05) is 32.6 Å². The van der Waals surface area contributed by atoms with Gasteiger partial charge in [0.2, 0.25) is 0 Å². The monoisotopic (exact) mass is 349 g/mol. The molecule has 0 atom stereocenters. The summed E-state index contributed by atoms with van der Waals surface area (Å²) in [6.07, 6.45) is 1.48. The molecule has 0 radical (unpaired) electrons. The summed E-state index contributed by atoms with van der Waals surface area (Å²) in [5.74, 6) is -0.407. The lowest BCUT2D eigenvalue weighted by Gasteiger charge is -2.27. The summed E-state index contributed by atoms with van der Waals surface area (Å²) in [5.41, 5.74) is 2.17. The van der Waals surface area contributed by atoms with Crippen LogP contribution in [0.1, 0.15) is 21.7 Å². The maximum absolute atomic E-state index is 12.5. The number of carbonyl (C=O) groups is 1. The van der Waals surface area contributed by atoms with Crippen LogP contribution in [-0.2, 0) is 17.6 Å². The SMILES string of the molecule is COC1(CNC(=O)c2cc(=O)c3ccccc3o2)Cc2ccccc2C1. The van der Waals surface area contributed by atoms with Gasteiger partial charge in [-0.2, -0.15) is 0 Å².